The van der Waals surface area contributed by atoms with Crippen LogP contribution in [0.3, 0.4) is 0 Å². The molecule has 2 aromatic carbocycles. The molecule has 0 aromatic heterocycles. The fraction of sp³-hybridized carbons (Fsp3) is 0.462. The van der Waals surface area contributed by atoms with Gasteiger partial charge in [-0.05, 0) is 49.4 Å². The molecule has 1 unspecified atom stereocenters. The fourth-order valence-corrected chi connectivity index (χ4v) is 5.33. The summed E-state index contributed by atoms with van der Waals surface area (Å²) in [5, 5.41) is 3.90. The molecule has 1 fully saturated rings. The minimum absolute atomic E-state index is 0.00745. The van der Waals surface area contributed by atoms with Crippen molar-refractivity contribution in [1.82, 2.24) is 10.2 Å². The molecule has 0 heterocycles. The van der Waals surface area contributed by atoms with Gasteiger partial charge in [-0.25, -0.2) is 0 Å². The Labute approximate surface area is 201 Å². The maximum absolute atomic E-state index is 13.3. The van der Waals surface area contributed by atoms with E-state index in [4.69, 9.17) is 11.6 Å². The van der Waals surface area contributed by atoms with E-state index in [-0.39, 0.29) is 17.9 Å². The summed E-state index contributed by atoms with van der Waals surface area (Å²) >= 11 is 7.63. The topological polar surface area (TPSA) is 49.4 Å². The van der Waals surface area contributed by atoms with Crippen molar-refractivity contribution in [2.24, 2.45) is 0 Å². The summed E-state index contributed by atoms with van der Waals surface area (Å²) in [5.41, 5.74) is 3.28. The first kappa shape index (κ1) is 24.7. The Balaban J connectivity index is 1.70. The molecule has 1 N–H and O–H groups in total. The van der Waals surface area contributed by atoms with Gasteiger partial charge >= 0.3 is 0 Å². The number of rotatable bonds is 10. The summed E-state index contributed by atoms with van der Waals surface area (Å²) in [7, 11) is 0. The molecule has 32 heavy (non-hydrogen) atoms. The van der Waals surface area contributed by atoms with E-state index in [2.05, 4.69) is 11.4 Å². The first-order valence-corrected chi connectivity index (χ1v) is 13.0. The van der Waals surface area contributed by atoms with Crippen molar-refractivity contribution < 1.29 is 9.59 Å². The lowest BCUT2D eigenvalue weighted by Gasteiger charge is -2.31. The zero-order chi connectivity index (χ0) is 22.9. The van der Waals surface area contributed by atoms with Crippen LogP contribution in [0.15, 0.2) is 48.5 Å². The zero-order valence-corrected chi connectivity index (χ0v) is 20.6. The Kier molecular flexibility index (Phi) is 9.49. The maximum Gasteiger partial charge on any atom is 0.243 e. The van der Waals surface area contributed by atoms with Gasteiger partial charge in [-0.2, -0.15) is 0 Å². The normalized spacial score (nSPS) is 14.8. The van der Waals surface area contributed by atoms with E-state index in [1.54, 1.807) is 16.7 Å². The lowest BCUT2D eigenvalue weighted by molar-refractivity contribution is -0.139. The highest BCUT2D eigenvalue weighted by Crippen LogP contribution is 2.21. The van der Waals surface area contributed by atoms with Gasteiger partial charge in [-0.15, -0.1) is 11.8 Å². The third-order valence-corrected chi connectivity index (χ3v) is 7.13. The van der Waals surface area contributed by atoms with E-state index in [1.165, 1.54) is 0 Å². The molecule has 1 aliphatic carbocycles. The number of aryl methyl sites for hydroxylation is 1. The van der Waals surface area contributed by atoms with Crippen LogP contribution in [0.4, 0.5) is 0 Å². The molecule has 1 aliphatic rings. The molecule has 6 heteroatoms. The SMILES string of the molecule is CCC(C(=O)NC1CCCC1)N(Cc1cccc(C)c1)C(=O)CSCc1cccc(Cl)c1. The van der Waals surface area contributed by atoms with Crippen LogP contribution in [-0.2, 0) is 21.9 Å². The highest BCUT2D eigenvalue weighted by Gasteiger charge is 2.30. The van der Waals surface area contributed by atoms with E-state index in [1.807, 2.05) is 56.3 Å². The molecule has 4 nitrogen and oxygen atoms in total. The molecular formula is C26H33ClN2O2S. The number of hydrogen-bond acceptors (Lipinski definition) is 3. The van der Waals surface area contributed by atoms with Crippen molar-refractivity contribution in [3.63, 3.8) is 0 Å². The van der Waals surface area contributed by atoms with Gasteiger partial charge in [0, 0.05) is 23.4 Å². The highest BCUT2D eigenvalue weighted by molar-refractivity contribution is 7.99. The highest BCUT2D eigenvalue weighted by atomic mass is 35.5. The Morgan fingerprint density at radius 3 is 2.53 bits per heavy atom. The molecule has 0 saturated heterocycles. The molecule has 2 aromatic rings. The molecule has 1 saturated carbocycles. The third-order valence-electron chi connectivity index (χ3n) is 5.91. The largest absolute Gasteiger partial charge is 0.352 e. The molecule has 172 valence electrons. The van der Waals surface area contributed by atoms with E-state index in [0.29, 0.717) is 29.5 Å². The molecule has 0 aliphatic heterocycles. The van der Waals surface area contributed by atoms with Gasteiger partial charge in [0.05, 0.1) is 5.75 Å². The van der Waals surface area contributed by atoms with E-state index < -0.39 is 6.04 Å². The minimum Gasteiger partial charge on any atom is -0.352 e. The van der Waals surface area contributed by atoms with Gasteiger partial charge in [-0.1, -0.05) is 73.3 Å². The predicted molar refractivity (Wildman–Crippen MR) is 134 cm³/mol. The second-order valence-corrected chi connectivity index (χ2v) is 9.97. The standard InChI is InChI=1S/C26H33ClN2O2S/c1-3-24(26(31)28-23-12-4-5-13-23)29(16-20-9-6-8-19(2)14-20)25(30)18-32-17-21-10-7-11-22(27)15-21/h6-11,14-15,23-24H,3-5,12-13,16-18H2,1-2H3,(H,28,31). The van der Waals surface area contributed by atoms with Crippen LogP contribution in [0.5, 0.6) is 0 Å². The van der Waals surface area contributed by atoms with Crippen molar-refractivity contribution in [2.45, 2.75) is 70.3 Å². The molecule has 1 atom stereocenters. The van der Waals surface area contributed by atoms with Crippen LogP contribution in [-0.4, -0.2) is 34.6 Å². The summed E-state index contributed by atoms with van der Waals surface area (Å²) in [6.45, 7) is 4.46. The predicted octanol–water partition coefficient (Wildman–Crippen LogP) is 5.75. The number of carbonyl (C=O) groups excluding carboxylic acids is 2. The minimum atomic E-state index is -0.463. The second kappa shape index (κ2) is 12.3. The number of benzene rings is 2. The smallest absolute Gasteiger partial charge is 0.243 e. The number of amides is 2. The molecular weight excluding hydrogens is 440 g/mol. The summed E-state index contributed by atoms with van der Waals surface area (Å²) in [5.74, 6) is 0.994. The first-order chi connectivity index (χ1) is 15.5. The summed E-state index contributed by atoms with van der Waals surface area (Å²) in [6, 6.07) is 15.6. The van der Waals surface area contributed by atoms with Crippen molar-refractivity contribution in [3.05, 3.63) is 70.2 Å². The Morgan fingerprint density at radius 2 is 1.84 bits per heavy atom. The first-order valence-electron chi connectivity index (χ1n) is 11.4. The average Bonchev–Trinajstić information content (AvgIpc) is 3.26. The quantitative estimate of drug-likeness (QED) is 0.479. The van der Waals surface area contributed by atoms with E-state index in [0.717, 1.165) is 42.4 Å². The summed E-state index contributed by atoms with van der Waals surface area (Å²) in [6.07, 6.45) is 4.98. The van der Waals surface area contributed by atoms with Gasteiger partial charge < -0.3 is 10.2 Å². The third kappa shape index (κ3) is 7.28. The van der Waals surface area contributed by atoms with Crippen LogP contribution in [0.2, 0.25) is 5.02 Å². The Hall–Kier alpha value is -1.98. The molecule has 3 rings (SSSR count). The van der Waals surface area contributed by atoms with Crippen molar-refractivity contribution in [3.8, 4) is 0 Å². The summed E-state index contributed by atoms with van der Waals surface area (Å²) < 4.78 is 0. The average molecular weight is 473 g/mol. The van der Waals surface area contributed by atoms with Crippen LogP contribution in [0.25, 0.3) is 0 Å². The van der Waals surface area contributed by atoms with Crippen LogP contribution in [0, 0.1) is 6.92 Å². The lowest BCUT2D eigenvalue weighted by atomic mass is 10.1. The number of nitrogens with zero attached hydrogens (tertiary/aromatic N) is 1. The lowest BCUT2D eigenvalue weighted by Crippen LogP contribution is -2.51. The fourth-order valence-electron chi connectivity index (χ4n) is 4.26. The van der Waals surface area contributed by atoms with Crippen molar-refractivity contribution in [2.75, 3.05) is 5.75 Å². The number of carbonyl (C=O) groups is 2. The Morgan fingerprint density at radius 1 is 1.12 bits per heavy atom. The van der Waals surface area contributed by atoms with Gasteiger partial charge in [0.25, 0.3) is 0 Å². The van der Waals surface area contributed by atoms with Gasteiger partial charge in [0.2, 0.25) is 11.8 Å². The zero-order valence-electron chi connectivity index (χ0n) is 19.0. The Bertz CT molecular complexity index is 914. The molecule has 0 spiro atoms. The molecule has 0 radical (unpaired) electrons. The molecule has 2 amide bonds. The van der Waals surface area contributed by atoms with E-state index >= 15 is 0 Å². The number of nitrogens with one attached hydrogen (secondary N) is 1. The monoisotopic (exact) mass is 472 g/mol. The maximum atomic E-state index is 13.3. The van der Waals surface area contributed by atoms with Gasteiger partial charge in [0.15, 0.2) is 0 Å². The summed E-state index contributed by atoms with van der Waals surface area (Å²) in [4.78, 5) is 28.2. The van der Waals surface area contributed by atoms with Crippen LogP contribution >= 0.6 is 23.4 Å². The van der Waals surface area contributed by atoms with Gasteiger partial charge in [-0.3, -0.25) is 9.59 Å². The van der Waals surface area contributed by atoms with E-state index in [9.17, 15) is 9.59 Å². The second-order valence-electron chi connectivity index (χ2n) is 8.55. The number of thioether (sulfide) groups is 1. The molecule has 0 bridgehead atoms. The van der Waals surface area contributed by atoms with Crippen molar-refractivity contribution in [1.29, 1.82) is 0 Å². The van der Waals surface area contributed by atoms with Gasteiger partial charge in [0.1, 0.15) is 6.04 Å². The van der Waals surface area contributed by atoms with Crippen LogP contribution in [0.1, 0.15) is 55.7 Å². The van der Waals surface area contributed by atoms with Crippen LogP contribution < -0.4 is 5.32 Å². The number of hydrogen-bond donors (Lipinski definition) is 1. The van der Waals surface area contributed by atoms with Crippen molar-refractivity contribution >= 4 is 35.2 Å². The number of halogens is 1.